The molecule has 4 rings (SSSR count). The van der Waals surface area contributed by atoms with Crippen molar-refractivity contribution in [2.45, 2.75) is 124 Å². The molecule has 0 spiro atoms. The maximum Gasteiger partial charge on any atom is 0.307 e. The molecule has 212 valence electrons. The molecule has 0 aromatic rings. The smallest absolute Gasteiger partial charge is 0.307 e. The zero-order valence-corrected chi connectivity index (χ0v) is 24.6. The number of rotatable bonds is 13. The Hall–Kier alpha value is -0.870. The summed E-state index contributed by atoms with van der Waals surface area (Å²) >= 11 is 0. The second-order valence-electron chi connectivity index (χ2n) is 14.0. The molecule has 4 nitrogen and oxygen atoms in total. The Morgan fingerprint density at radius 1 is 1.03 bits per heavy atom. The number of ether oxygens (including phenoxy) is 1. The molecule has 0 amide bonds. The number of hydrogen-bond acceptors (Lipinski definition) is 4. The number of unbranched alkanes of at least 4 members (excludes halogenated alkanes) is 1. The molecule has 3 fully saturated rings. The molecule has 3 saturated carbocycles. The summed E-state index contributed by atoms with van der Waals surface area (Å²) in [5.41, 5.74) is 7.50. The maximum absolute atomic E-state index is 12.5. The van der Waals surface area contributed by atoms with E-state index in [9.17, 15) is 4.79 Å². The van der Waals surface area contributed by atoms with Gasteiger partial charge in [-0.05, 0) is 118 Å². The first kappa shape index (κ1) is 29.1. The standard InChI is InChI=1S/C33H58N2O2/c1-23(2)8-7-9-24(3)27-12-13-29-28(27)14-15-31-30(29)11-10-25-22-26(16-18-33(25,31)4)37-32(36)17-21-35-20-6-5-19-34/h10,23-24,26-31,35H,5-9,11-22,34H2,1-4H3. The molecule has 4 heteroatoms. The van der Waals surface area contributed by atoms with Gasteiger partial charge in [-0.2, -0.15) is 0 Å². The van der Waals surface area contributed by atoms with Crippen LogP contribution >= 0.6 is 0 Å². The minimum absolute atomic E-state index is 0.0331. The van der Waals surface area contributed by atoms with Gasteiger partial charge >= 0.3 is 5.97 Å². The number of esters is 1. The molecule has 0 saturated heterocycles. The minimum atomic E-state index is -0.0331. The normalized spacial score (nSPS) is 35.9. The first-order valence-electron chi connectivity index (χ1n) is 16.1. The second kappa shape index (κ2) is 13.5. The van der Waals surface area contributed by atoms with E-state index in [0.29, 0.717) is 18.4 Å². The topological polar surface area (TPSA) is 64.3 Å². The fraction of sp³-hybridized carbons (Fsp3) is 0.909. The summed E-state index contributed by atoms with van der Waals surface area (Å²) in [7, 11) is 0. The van der Waals surface area contributed by atoms with Gasteiger partial charge in [-0.25, -0.2) is 0 Å². The van der Waals surface area contributed by atoms with E-state index in [2.05, 4.69) is 39.1 Å². The predicted molar refractivity (Wildman–Crippen MR) is 154 cm³/mol. The van der Waals surface area contributed by atoms with E-state index in [1.165, 1.54) is 57.8 Å². The van der Waals surface area contributed by atoms with E-state index in [4.69, 9.17) is 10.5 Å². The summed E-state index contributed by atoms with van der Waals surface area (Å²) < 4.78 is 5.97. The molecule has 0 aromatic heterocycles. The van der Waals surface area contributed by atoms with Crippen LogP contribution in [0.25, 0.3) is 0 Å². The molecular formula is C33H58N2O2. The highest BCUT2D eigenvalue weighted by atomic mass is 16.5. The molecule has 8 unspecified atom stereocenters. The van der Waals surface area contributed by atoms with E-state index in [1.54, 1.807) is 5.57 Å². The lowest BCUT2D eigenvalue weighted by Crippen LogP contribution is -2.48. The van der Waals surface area contributed by atoms with Crippen molar-refractivity contribution in [2.24, 2.45) is 52.6 Å². The summed E-state index contributed by atoms with van der Waals surface area (Å²) in [5, 5.41) is 3.35. The van der Waals surface area contributed by atoms with Crippen LogP contribution < -0.4 is 11.1 Å². The van der Waals surface area contributed by atoms with Crippen molar-refractivity contribution in [3.63, 3.8) is 0 Å². The molecule has 8 atom stereocenters. The van der Waals surface area contributed by atoms with Gasteiger partial charge in [0.2, 0.25) is 0 Å². The number of hydrogen-bond donors (Lipinski definition) is 2. The highest BCUT2D eigenvalue weighted by molar-refractivity contribution is 5.69. The van der Waals surface area contributed by atoms with Gasteiger partial charge < -0.3 is 15.8 Å². The Morgan fingerprint density at radius 2 is 1.84 bits per heavy atom. The minimum Gasteiger partial charge on any atom is -0.462 e. The summed E-state index contributed by atoms with van der Waals surface area (Å²) in [6.45, 7) is 12.2. The molecule has 4 aliphatic carbocycles. The largest absolute Gasteiger partial charge is 0.462 e. The van der Waals surface area contributed by atoms with Gasteiger partial charge in [-0.3, -0.25) is 4.79 Å². The van der Waals surface area contributed by atoms with Crippen LogP contribution in [0.3, 0.4) is 0 Å². The highest BCUT2D eigenvalue weighted by Crippen LogP contribution is 2.63. The molecule has 0 aliphatic heterocycles. The van der Waals surface area contributed by atoms with E-state index < -0.39 is 0 Å². The van der Waals surface area contributed by atoms with Crippen molar-refractivity contribution in [3.05, 3.63) is 11.6 Å². The summed E-state index contributed by atoms with van der Waals surface area (Å²) in [5.74, 6) is 6.37. The number of nitrogens with two attached hydrogens (primary N) is 1. The summed E-state index contributed by atoms with van der Waals surface area (Å²) in [6, 6.07) is 0. The number of fused-ring (bicyclic) bond motifs is 5. The summed E-state index contributed by atoms with van der Waals surface area (Å²) in [4.78, 5) is 12.5. The van der Waals surface area contributed by atoms with Gasteiger partial charge in [0.15, 0.2) is 0 Å². The third-order valence-electron chi connectivity index (χ3n) is 11.2. The Bertz CT molecular complexity index is 763. The fourth-order valence-electron chi connectivity index (χ4n) is 9.15. The zero-order valence-electron chi connectivity index (χ0n) is 24.6. The molecule has 3 N–H and O–H groups in total. The zero-order chi connectivity index (χ0) is 26.4. The average Bonchev–Trinajstić information content (AvgIpc) is 3.31. The molecule has 0 aromatic carbocycles. The van der Waals surface area contributed by atoms with E-state index in [-0.39, 0.29) is 12.1 Å². The Morgan fingerprint density at radius 3 is 2.62 bits per heavy atom. The Labute approximate surface area is 228 Å². The van der Waals surface area contributed by atoms with Crippen LogP contribution in [-0.2, 0) is 9.53 Å². The molecule has 4 aliphatic rings. The van der Waals surface area contributed by atoms with Crippen LogP contribution in [0.15, 0.2) is 11.6 Å². The number of carbonyl (C=O) groups excluding carboxylic acids is 1. The van der Waals surface area contributed by atoms with Crippen LogP contribution in [0.4, 0.5) is 0 Å². The van der Waals surface area contributed by atoms with Gasteiger partial charge in [0.25, 0.3) is 0 Å². The van der Waals surface area contributed by atoms with Gasteiger partial charge in [-0.15, -0.1) is 0 Å². The van der Waals surface area contributed by atoms with Gasteiger partial charge in [0.05, 0.1) is 6.42 Å². The van der Waals surface area contributed by atoms with Crippen molar-refractivity contribution in [1.82, 2.24) is 5.32 Å². The highest BCUT2D eigenvalue weighted by Gasteiger charge is 2.54. The third kappa shape index (κ3) is 7.02. The fourth-order valence-corrected chi connectivity index (χ4v) is 9.15. The quantitative estimate of drug-likeness (QED) is 0.154. The van der Waals surface area contributed by atoms with Crippen molar-refractivity contribution < 1.29 is 9.53 Å². The number of allylic oxidation sites excluding steroid dienone is 1. The Balaban J connectivity index is 1.28. The lowest BCUT2D eigenvalue weighted by molar-refractivity contribution is -0.151. The lowest BCUT2D eigenvalue weighted by atomic mass is 9.50. The van der Waals surface area contributed by atoms with E-state index >= 15 is 0 Å². The maximum atomic E-state index is 12.5. The first-order chi connectivity index (χ1) is 17.8. The van der Waals surface area contributed by atoms with E-state index in [0.717, 1.165) is 80.2 Å². The number of nitrogens with one attached hydrogen (secondary N) is 1. The first-order valence-corrected chi connectivity index (χ1v) is 16.1. The molecule has 0 bridgehead atoms. The van der Waals surface area contributed by atoms with Gasteiger partial charge in [-0.1, -0.05) is 58.6 Å². The molecule has 0 radical (unpaired) electrons. The van der Waals surface area contributed by atoms with Crippen molar-refractivity contribution >= 4 is 5.97 Å². The van der Waals surface area contributed by atoms with Crippen molar-refractivity contribution in [1.29, 1.82) is 0 Å². The average molecular weight is 515 g/mol. The Kier molecular flexibility index (Phi) is 10.6. The van der Waals surface area contributed by atoms with Crippen LogP contribution in [0, 0.1) is 46.8 Å². The molecule has 0 heterocycles. The van der Waals surface area contributed by atoms with Crippen LogP contribution in [0.5, 0.6) is 0 Å². The van der Waals surface area contributed by atoms with Gasteiger partial charge in [0.1, 0.15) is 6.10 Å². The van der Waals surface area contributed by atoms with Crippen molar-refractivity contribution in [3.8, 4) is 0 Å². The van der Waals surface area contributed by atoms with Crippen molar-refractivity contribution in [2.75, 3.05) is 19.6 Å². The second-order valence-corrected chi connectivity index (χ2v) is 14.0. The van der Waals surface area contributed by atoms with Crippen LogP contribution in [0.1, 0.15) is 118 Å². The van der Waals surface area contributed by atoms with E-state index in [1.807, 2.05) is 0 Å². The third-order valence-corrected chi connectivity index (χ3v) is 11.2. The molecular weight excluding hydrogens is 456 g/mol. The predicted octanol–water partition coefficient (Wildman–Crippen LogP) is 7.27. The SMILES string of the molecule is CC(C)CCCC(C)C1CCC2C1CCC1C2CC=C2CC(OC(=O)CCNCCCCN)CCC21C. The monoisotopic (exact) mass is 514 g/mol. The number of carbonyl (C=O) groups is 1. The van der Waals surface area contributed by atoms with Gasteiger partial charge in [0, 0.05) is 13.0 Å². The molecule has 37 heavy (non-hydrogen) atoms. The lowest BCUT2D eigenvalue weighted by Gasteiger charge is -2.55. The summed E-state index contributed by atoms with van der Waals surface area (Å²) in [6.07, 6.45) is 19.9. The van der Waals surface area contributed by atoms with Crippen LogP contribution in [0.2, 0.25) is 0 Å². The van der Waals surface area contributed by atoms with Crippen LogP contribution in [-0.4, -0.2) is 31.7 Å².